The van der Waals surface area contributed by atoms with Gasteiger partial charge in [0, 0.05) is 13.0 Å². The first-order valence-electron chi connectivity index (χ1n) is 7.32. The molecule has 0 atom stereocenters. The normalized spacial score (nSPS) is 11.0. The molecule has 0 spiro atoms. The van der Waals surface area contributed by atoms with Gasteiger partial charge >= 0.3 is 0 Å². The quantitative estimate of drug-likeness (QED) is 0.570. The number of nitrogens with one attached hydrogen (secondary N) is 1. The summed E-state index contributed by atoms with van der Waals surface area (Å²) in [7, 11) is 1.50. The topological polar surface area (TPSA) is 58.6 Å². The zero-order valence-corrected chi connectivity index (χ0v) is 13.1. The summed E-state index contributed by atoms with van der Waals surface area (Å²) in [6.07, 6.45) is 6.59. The molecule has 116 valence electrons. The Morgan fingerprint density at radius 2 is 2.19 bits per heavy atom. The maximum Gasteiger partial charge on any atom is 0.220 e. The Morgan fingerprint density at radius 1 is 1.43 bits per heavy atom. The van der Waals surface area contributed by atoms with Crippen LogP contribution in [0, 0.1) is 5.92 Å². The van der Waals surface area contributed by atoms with Crippen LogP contribution >= 0.6 is 0 Å². The predicted octanol–water partition coefficient (Wildman–Crippen LogP) is 3.40. The van der Waals surface area contributed by atoms with Crippen LogP contribution in [-0.4, -0.2) is 18.1 Å². The van der Waals surface area contributed by atoms with Gasteiger partial charge in [-0.05, 0) is 36.5 Å². The van der Waals surface area contributed by atoms with E-state index in [0.717, 1.165) is 18.4 Å². The third-order valence-electron chi connectivity index (χ3n) is 3.03. The van der Waals surface area contributed by atoms with Crippen LogP contribution in [0.1, 0.15) is 38.7 Å². The van der Waals surface area contributed by atoms with E-state index in [0.29, 0.717) is 24.6 Å². The number of allylic oxidation sites excluding steroid dienone is 2. The van der Waals surface area contributed by atoms with Gasteiger partial charge in [-0.25, -0.2) is 0 Å². The van der Waals surface area contributed by atoms with Crippen LogP contribution in [0.3, 0.4) is 0 Å². The van der Waals surface area contributed by atoms with Gasteiger partial charge < -0.3 is 15.2 Å². The third-order valence-corrected chi connectivity index (χ3v) is 3.03. The van der Waals surface area contributed by atoms with E-state index in [2.05, 4.69) is 31.3 Å². The van der Waals surface area contributed by atoms with Gasteiger partial charge in [-0.2, -0.15) is 0 Å². The lowest BCUT2D eigenvalue weighted by atomic mass is 10.1. The lowest BCUT2D eigenvalue weighted by Crippen LogP contribution is -2.22. The van der Waals surface area contributed by atoms with Crippen LogP contribution in [0.2, 0.25) is 0 Å². The molecular weight excluding hydrogens is 266 g/mol. The van der Waals surface area contributed by atoms with E-state index in [1.54, 1.807) is 18.2 Å². The minimum atomic E-state index is 0.0417. The lowest BCUT2D eigenvalue weighted by molar-refractivity contribution is -0.121. The minimum absolute atomic E-state index is 0.0417. The summed E-state index contributed by atoms with van der Waals surface area (Å²) < 4.78 is 5.03. The van der Waals surface area contributed by atoms with Gasteiger partial charge in [-0.15, -0.1) is 0 Å². The standard InChI is InChI=1S/C17H25NO3/c1-13(2)7-5-4-6-8-17(20)18-12-14-9-10-15(19)16(11-14)21-3/h5,7,9-11,13,19H,4,6,8,12H2,1-3H3,(H,18,20)/b7-5-. The van der Waals surface area contributed by atoms with Crippen molar-refractivity contribution in [2.45, 2.75) is 39.7 Å². The number of aromatic hydroxyl groups is 1. The van der Waals surface area contributed by atoms with Gasteiger partial charge in [-0.3, -0.25) is 4.79 Å². The van der Waals surface area contributed by atoms with Crippen molar-refractivity contribution in [3.05, 3.63) is 35.9 Å². The highest BCUT2D eigenvalue weighted by atomic mass is 16.5. The van der Waals surface area contributed by atoms with Gasteiger partial charge in [0.25, 0.3) is 0 Å². The molecule has 0 aliphatic carbocycles. The summed E-state index contributed by atoms with van der Waals surface area (Å²) >= 11 is 0. The number of phenols is 1. The highest BCUT2D eigenvalue weighted by Gasteiger charge is 2.04. The number of hydrogen-bond acceptors (Lipinski definition) is 3. The molecule has 0 aliphatic heterocycles. The van der Waals surface area contributed by atoms with Crippen molar-refractivity contribution in [2.75, 3.05) is 7.11 Å². The Kier molecular flexibility index (Phi) is 7.37. The van der Waals surface area contributed by atoms with Crippen molar-refractivity contribution in [1.29, 1.82) is 0 Å². The largest absolute Gasteiger partial charge is 0.504 e. The van der Waals surface area contributed by atoms with E-state index in [1.807, 2.05) is 0 Å². The Hall–Kier alpha value is -1.97. The van der Waals surface area contributed by atoms with Crippen molar-refractivity contribution in [3.8, 4) is 11.5 Å². The van der Waals surface area contributed by atoms with E-state index in [9.17, 15) is 9.90 Å². The number of amides is 1. The van der Waals surface area contributed by atoms with E-state index in [1.165, 1.54) is 7.11 Å². The number of hydrogen-bond donors (Lipinski definition) is 2. The molecule has 21 heavy (non-hydrogen) atoms. The summed E-state index contributed by atoms with van der Waals surface area (Å²) in [5.74, 6) is 1.12. The molecule has 4 heteroatoms. The third kappa shape index (κ3) is 6.84. The molecule has 0 radical (unpaired) electrons. The first kappa shape index (κ1) is 17.1. The van der Waals surface area contributed by atoms with Crippen LogP contribution < -0.4 is 10.1 Å². The van der Waals surface area contributed by atoms with Crippen LogP contribution in [0.25, 0.3) is 0 Å². The molecule has 0 saturated carbocycles. The number of ether oxygens (including phenoxy) is 1. The van der Waals surface area contributed by atoms with Crippen molar-refractivity contribution in [1.82, 2.24) is 5.32 Å². The molecule has 1 aromatic carbocycles. The maximum atomic E-state index is 11.7. The number of phenolic OH excluding ortho intramolecular Hbond substituents is 1. The average molecular weight is 291 g/mol. The van der Waals surface area contributed by atoms with E-state index in [4.69, 9.17) is 4.74 Å². The number of methoxy groups -OCH3 is 1. The molecule has 1 amide bonds. The van der Waals surface area contributed by atoms with Gasteiger partial charge in [0.15, 0.2) is 11.5 Å². The smallest absolute Gasteiger partial charge is 0.220 e. The van der Waals surface area contributed by atoms with Crippen molar-refractivity contribution >= 4 is 5.91 Å². The van der Waals surface area contributed by atoms with Crippen LogP contribution in [0.5, 0.6) is 11.5 Å². The molecule has 0 aromatic heterocycles. The first-order valence-corrected chi connectivity index (χ1v) is 7.32. The minimum Gasteiger partial charge on any atom is -0.504 e. The zero-order valence-electron chi connectivity index (χ0n) is 13.1. The Bertz CT molecular complexity index is 481. The number of rotatable bonds is 8. The fourth-order valence-electron chi connectivity index (χ4n) is 1.87. The molecule has 0 saturated heterocycles. The summed E-state index contributed by atoms with van der Waals surface area (Å²) in [5.41, 5.74) is 0.901. The second-order valence-electron chi connectivity index (χ2n) is 5.35. The molecular formula is C17H25NO3. The summed E-state index contributed by atoms with van der Waals surface area (Å²) in [4.78, 5) is 11.7. The molecule has 0 fully saturated rings. The molecule has 0 aliphatic rings. The van der Waals surface area contributed by atoms with E-state index >= 15 is 0 Å². The average Bonchev–Trinajstić information content (AvgIpc) is 2.45. The molecule has 0 heterocycles. The molecule has 0 bridgehead atoms. The predicted molar refractivity (Wildman–Crippen MR) is 84.3 cm³/mol. The van der Waals surface area contributed by atoms with Crippen LogP contribution in [-0.2, 0) is 11.3 Å². The monoisotopic (exact) mass is 291 g/mol. The van der Waals surface area contributed by atoms with Crippen molar-refractivity contribution < 1.29 is 14.6 Å². The number of benzene rings is 1. The first-order chi connectivity index (χ1) is 10.0. The van der Waals surface area contributed by atoms with Gasteiger partial charge in [-0.1, -0.05) is 32.1 Å². The molecule has 4 nitrogen and oxygen atoms in total. The lowest BCUT2D eigenvalue weighted by Gasteiger charge is -2.08. The number of carbonyl (C=O) groups excluding carboxylic acids is 1. The van der Waals surface area contributed by atoms with Gasteiger partial charge in [0.2, 0.25) is 5.91 Å². The van der Waals surface area contributed by atoms with Crippen molar-refractivity contribution in [2.24, 2.45) is 5.92 Å². The highest BCUT2D eigenvalue weighted by molar-refractivity contribution is 5.75. The van der Waals surface area contributed by atoms with E-state index < -0.39 is 0 Å². The summed E-state index contributed by atoms with van der Waals surface area (Å²) in [6.45, 7) is 4.71. The Labute approximate surface area is 126 Å². The molecule has 0 unspecified atom stereocenters. The second-order valence-corrected chi connectivity index (χ2v) is 5.35. The number of unbranched alkanes of at least 4 members (excludes halogenated alkanes) is 1. The Balaban J connectivity index is 2.30. The fraction of sp³-hybridized carbons (Fsp3) is 0.471. The van der Waals surface area contributed by atoms with Crippen molar-refractivity contribution in [3.63, 3.8) is 0 Å². The Morgan fingerprint density at radius 3 is 2.86 bits per heavy atom. The van der Waals surface area contributed by atoms with Gasteiger partial charge in [0.1, 0.15) is 0 Å². The number of carbonyl (C=O) groups is 1. The summed E-state index contributed by atoms with van der Waals surface area (Å²) in [5, 5.41) is 12.4. The highest BCUT2D eigenvalue weighted by Crippen LogP contribution is 2.26. The fourth-order valence-corrected chi connectivity index (χ4v) is 1.87. The molecule has 1 aromatic rings. The SMILES string of the molecule is COc1cc(CNC(=O)CCC/C=C\C(C)C)ccc1O. The summed E-state index contributed by atoms with van der Waals surface area (Å²) in [6, 6.07) is 5.06. The van der Waals surface area contributed by atoms with Crippen LogP contribution in [0.15, 0.2) is 30.4 Å². The van der Waals surface area contributed by atoms with Gasteiger partial charge in [0.05, 0.1) is 7.11 Å². The maximum absolute atomic E-state index is 11.7. The second kappa shape index (κ2) is 9.06. The molecule has 1 rings (SSSR count). The molecule has 2 N–H and O–H groups in total. The van der Waals surface area contributed by atoms with E-state index in [-0.39, 0.29) is 11.7 Å². The van der Waals surface area contributed by atoms with Crippen LogP contribution in [0.4, 0.5) is 0 Å². The zero-order chi connectivity index (χ0) is 15.7.